The van der Waals surface area contributed by atoms with Crippen LogP contribution in [0.3, 0.4) is 0 Å². The SMILES string of the molecule is Cc1ccc(S(=O)(=O)O[C@@H]2[C@H]([C@@H]3COC4(CCCCC4)O3)O[C@H]3OC4(CCCCC4)O[C@@H]32)cc1. The van der Waals surface area contributed by atoms with Crippen molar-refractivity contribution in [3.05, 3.63) is 29.8 Å². The van der Waals surface area contributed by atoms with Crippen molar-refractivity contribution < 1.29 is 36.3 Å². The van der Waals surface area contributed by atoms with Gasteiger partial charge in [-0.2, -0.15) is 8.42 Å². The molecule has 9 heteroatoms. The molecule has 8 nitrogen and oxygen atoms in total. The molecule has 5 atom stereocenters. The fraction of sp³-hybridized carbons (Fsp3) is 0.760. The molecule has 3 heterocycles. The first-order valence-corrected chi connectivity index (χ1v) is 14.1. The zero-order valence-corrected chi connectivity index (χ0v) is 20.5. The van der Waals surface area contributed by atoms with Crippen molar-refractivity contribution in [3.8, 4) is 0 Å². The van der Waals surface area contributed by atoms with E-state index >= 15 is 0 Å². The van der Waals surface area contributed by atoms with Crippen LogP contribution in [0.2, 0.25) is 0 Å². The smallest absolute Gasteiger partial charge is 0.297 e. The van der Waals surface area contributed by atoms with Crippen molar-refractivity contribution in [2.45, 2.75) is 118 Å². The molecule has 2 aliphatic carbocycles. The Kier molecular flexibility index (Phi) is 6.04. The van der Waals surface area contributed by atoms with Gasteiger partial charge in [-0.3, -0.25) is 4.18 Å². The summed E-state index contributed by atoms with van der Waals surface area (Å²) in [6.45, 7) is 2.24. The second kappa shape index (κ2) is 8.80. The lowest BCUT2D eigenvalue weighted by atomic mass is 9.94. The summed E-state index contributed by atoms with van der Waals surface area (Å²) in [4.78, 5) is 0.110. The standard InChI is InChI=1S/C25H34O8S/c1-17-8-10-18(11-9-17)34(26,27)33-21-20(19-16-28-24(30-19)12-4-2-5-13-24)29-23-22(21)31-25(32-23)14-6-3-7-15-25/h8-11,19-23H,2-7,12-16H2,1H3/t19-,20-,21+,22+,23-/m0/s1. The Labute approximate surface area is 201 Å². The van der Waals surface area contributed by atoms with Crippen LogP contribution in [0.1, 0.15) is 69.8 Å². The van der Waals surface area contributed by atoms with Crippen LogP contribution in [0.5, 0.6) is 0 Å². The normalized spacial score (nSPS) is 36.8. The monoisotopic (exact) mass is 494 g/mol. The maximum absolute atomic E-state index is 13.3. The van der Waals surface area contributed by atoms with Crippen molar-refractivity contribution in [3.63, 3.8) is 0 Å². The topological polar surface area (TPSA) is 89.5 Å². The predicted molar refractivity (Wildman–Crippen MR) is 120 cm³/mol. The molecular weight excluding hydrogens is 460 g/mol. The van der Waals surface area contributed by atoms with Crippen LogP contribution in [-0.4, -0.2) is 57.3 Å². The summed E-state index contributed by atoms with van der Waals surface area (Å²) < 4.78 is 64.0. The van der Waals surface area contributed by atoms with Crippen LogP contribution >= 0.6 is 0 Å². The summed E-state index contributed by atoms with van der Waals surface area (Å²) in [6, 6.07) is 6.64. The maximum atomic E-state index is 13.3. The Bertz CT molecular complexity index is 981. The van der Waals surface area contributed by atoms with Gasteiger partial charge in [-0.05, 0) is 44.7 Å². The quantitative estimate of drug-likeness (QED) is 0.582. The van der Waals surface area contributed by atoms with Crippen LogP contribution in [0.4, 0.5) is 0 Å². The first-order valence-electron chi connectivity index (χ1n) is 12.7. The molecule has 2 spiro atoms. The van der Waals surface area contributed by atoms with E-state index in [4.69, 9.17) is 27.9 Å². The molecule has 34 heavy (non-hydrogen) atoms. The van der Waals surface area contributed by atoms with Gasteiger partial charge in [0.1, 0.15) is 24.4 Å². The minimum Gasteiger partial charge on any atom is -0.347 e. The van der Waals surface area contributed by atoms with Crippen LogP contribution in [0, 0.1) is 6.92 Å². The molecular formula is C25H34O8S. The Morgan fingerprint density at radius 2 is 1.47 bits per heavy atom. The molecule has 5 aliphatic rings. The molecule has 3 saturated heterocycles. The number of hydrogen-bond donors (Lipinski definition) is 0. The van der Waals surface area contributed by atoms with Crippen LogP contribution in [-0.2, 0) is 38.0 Å². The fourth-order valence-corrected chi connectivity index (χ4v) is 7.18. The fourth-order valence-electron chi connectivity index (χ4n) is 6.09. The zero-order chi connectivity index (χ0) is 23.4. The molecule has 0 aromatic heterocycles. The Hall–Kier alpha value is -1.07. The summed E-state index contributed by atoms with van der Waals surface area (Å²) in [6.07, 6.45) is 6.35. The lowest BCUT2D eigenvalue weighted by molar-refractivity contribution is -0.258. The molecule has 2 saturated carbocycles. The van der Waals surface area contributed by atoms with E-state index in [2.05, 4.69) is 0 Å². The molecule has 5 fully saturated rings. The van der Waals surface area contributed by atoms with Gasteiger partial charge in [0.25, 0.3) is 10.1 Å². The summed E-state index contributed by atoms with van der Waals surface area (Å²) in [5, 5.41) is 0. The van der Waals surface area contributed by atoms with Crippen molar-refractivity contribution >= 4 is 10.1 Å². The van der Waals surface area contributed by atoms with Gasteiger partial charge in [0.2, 0.25) is 0 Å². The van der Waals surface area contributed by atoms with Gasteiger partial charge in [-0.1, -0.05) is 30.5 Å². The number of ether oxygens (including phenoxy) is 5. The van der Waals surface area contributed by atoms with Gasteiger partial charge >= 0.3 is 0 Å². The van der Waals surface area contributed by atoms with E-state index in [1.165, 1.54) is 6.42 Å². The lowest BCUT2D eigenvalue weighted by Gasteiger charge is -2.35. The Balaban J connectivity index is 1.26. The molecule has 1 aromatic carbocycles. The molecule has 188 valence electrons. The average Bonchev–Trinajstić information content (AvgIpc) is 3.47. The summed E-state index contributed by atoms with van der Waals surface area (Å²) in [5.74, 6) is -1.32. The third kappa shape index (κ3) is 4.23. The van der Waals surface area contributed by atoms with E-state index in [1.54, 1.807) is 24.3 Å². The summed E-state index contributed by atoms with van der Waals surface area (Å²) in [5.41, 5.74) is 0.974. The van der Waals surface area contributed by atoms with Gasteiger partial charge in [-0.25, -0.2) is 0 Å². The van der Waals surface area contributed by atoms with Crippen molar-refractivity contribution in [2.24, 2.45) is 0 Å². The van der Waals surface area contributed by atoms with E-state index in [9.17, 15) is 8.42 Å². The van der Waals surface area contributed by atoms with Gasteiger partial charge < -0.3 is 23.7 Å². The molecule has 0 amide bonds. The molecule has 0 N–H and O–H groups in total. The molecule has 0 unspecified atom stereocenters. The van der Waals surface area contributed by atoms with Crippen LogP contribution in [0.25, 0.3) is 0 Å². The number of rotatable bonds is 4. The predicted octanol–water partition coefficient (Wildman–Crippen LogP) is 3.95. The number of hydrogen-bond acceptors (Lipinski definition) is 8. The molecule has 6 rings (SSSR count). The van der Waals surface area contributed by atoms with E-state index in [0.717, 1.165) is 63.4 Å². The highest BCUT2D eigenvalue weighted by atomic mass is 32.2. The third-order valence-corrected chi connectivity index (χ3v) is 9.24. The van der Waals surface area contributed by atoms with Crippen LogP contribution in [0.15, 0.2) is 29.2 Å². The van der Waals surface area contributed by atoms with E-state index < -0.39 is 52.4 Å². The van der Waals surface area contributed by atoms with Gasteiger partial charge in [0, 0.05) is 25.7 Å². The zero-order valence-electron chi connectivity index (χ0n) is 19.6. The second-order valence-electron chi connectivity index (χ2n) is 10.4. The summed E-state index contributed by atoms with van der Waals surface area (Å²) >= 11 is 0. The highest BCUT2D eigenvalue weighted by molar-refractivity contribution is 7.86. The van der Waals surface area contributed by atoms with Crippen molar-refractivity contribution in [2.75, 3.05) is 6.61 Å². The number of benzene rings is 1. The molecule has 0 bridgehead atoms. The van der Waals surface area contributed by atoms with E-state index in [1.807, 2.05) is 6.92 Å². The number of aryl methyl sites for hydroxylation is 1. The lowest BCUT2D eigenvalue weighted by Crippen LogP contribution is -2.46. The minimum absolute atomic E-state index is 0.110. The first-order chi connectivity index (χ1) is 16.4. The Morgan fingerprint density at radius 3 is 2.15 bits per heavy atom. The highest BCUT2D eigenvalue weighted by Crippen LogP contribution is 2.48. The van der Waals surface area contributed by atoms with Gasteiger partial charge in [-0.15, -0.1) is 0 Å². The average molecular weight is 495 g/mol. The van der Waals surface area contributed by atoms with Crippen molar-refractivity contribution in [1.29, 1.82) is 0 Å². The van der Waals surface area contributed by atoms with Crippen LogP contribution < -0.4 is 0 Å². The number of fused-ring (bicyclic) bond motifs is 1. The largest absolute Gasteiger partial charge is 0.347 e. The van der Waals surface area contributed by atoms with Gasteiger partial charge in [0.05, 0.1) is 11.5 Å². The molecule has 1 aromatic rings. The minimum atomic E-state index is -4.05. The first kappa shape index (κ1) is 23.3. The Morgan fingerprint density at radius 1 is 0.824 bits per heavy atom. The van der Waals surface area contributed by atoms with E-state index in [-0.39, 0.29) is 4.90 Å². The molecule has 3 aliphatic heterocycles. The summed E-state index contributed by atoms with van der Waals surface area (Å²) in [7, 11) is -4.05. The maximum Gasteiger partial charge on any atom is 0.297 e. The van der Waals surface area contributed by atoms with Crippen molar-refractivity contribution in [1.82, 2.24) is 0 Å². The van der Waals surface area contributed by atoms with E-state index in [0.29, 0.717) is 6.61 Å². The second-order valence-corrected chi connectivity index (χ2v) is 12.0. The molecule has 0 radical (unpaired) electrons. The highest BCUT2D eigenvalue weighted by Gasteiger charge is 2.62. The third-order valence-electron chi connectivity index (χ3n) is 7.91. The van der Waals surface area contributed by atoms with Gasteiger partial charge in [0.15, 0.2) is 17.9 Å².